The van der Waals surface area contributed by atoms with Crippen LogP contribution in [0, 0.1) is 20.8 Å². The van der Waals surface area contributed by atoms with Gasteiger partial charge >= 0.3 is 17.8 Å². The molecule has 0 unspecified atom stereocenters. The van der Waals surface area contributed by atoms with Crippen molar-refractivity contribution >= 4 is 51.0 Å². The number of carboxylic acid groups (broad SMARTS) is 1. The number of carbonyl (C=O) groups is 2. The van der Waals surface area contributed by atoms with Gasteiger partial charge in [0.15, 0.2) is 5.82 Å². The summed E-state index contributed by atoms with van der Waals surface area (Å²) in [4.78, 5) is 43.7. The van der Waals surface area contributed by atoms with Crippen molar-refractivity contribution in [3.8, 4) is 5.69 Å². The number of aliphatic carboxylic acids is 1. The Morgan fingerprint density at radius 1 is 1.18 bits per heavy atom. The van der Waals surface area contributed by atoms with E-state index in [9.17, 15) is 27.9 Å². The Kier molecular flexibility index (Phi) is 7.76. The highest BCUT2D eigenvalue weighted by atomic mass is 32.2. The number of imidazole rings is 1. The summed E-state index contributed by atoms with van der Waals surface area (Å²) in [5.74, 6) is -1.25. The van der Waals surface area contributed by atoms with Crippen molar-refractivity contribution in [2.24, 2.45) is 0 Å². The average molecular weight is 595 g/mol. The van der Waals surface area contributed by atoms with Gasteiger partial charge < -0.3 is 9.84 Å². The van der Waals surface area contributed by atoms with Crippen LogP contribution < -0.4 is 10.4 Å². The number of likely N-dealkylation sites (tertiary alicyclic amines) is 1. The highest BCUT2D eigenvalue weighted by molar-refractivity contribution is 8.01. The van der Waals surface area contributed by atoms with Crippen LogP contribution in [0.15, 0.2) is 38.2 Å². The number of hydrogen-bond donors (Lipinski definition) is 2. The smallest absolute Gasteiger partial charge is 0.411 e. The van der Waals surface area contributed by atoms with Crippen LogP contribution in [0.3, 0.4) is 0 Å². The number of fused-ring (bicyclic) bond motifs is 1. The molecule has 0 bridgehead atoms. The van der Waals surface area contributed by atoms with E-state index in [1.165, 1.54) is 44.7 Å². The van der Waals surface area contributed by atoms with Crippen LogP contribution in [0.1, 0.15) is 43.3 Å². The first kappa shape index (κ1) is 28.9. The zero-order valence-electron chi connectivity index (χ0n) is 22.3. The van der Waals surface area contributed by atoms with Crippen LogP contribution in [0.5, 0.6) is 0 Å². The molecule has 1 saturated heterocycles. The predicted octanol–water partition coefficient (Wildman–Crippen LogP) is 4.01. The zero-order valence-corrected chi connectivity index (χ0v) is 24.8. The van der Waals surface area contributed by atoms with Crippen molar-refractivity contribution in [1.29, 1.82) is 0 Å². The third-order valence-electron chi connectivity index (χ3n) is 6.14. The number of carbonyl (C=O) groups excluding carboxylic acids is 1. The van der Waals surface area contributed by atoms with Crippen LogP contribution >= 0.6 is 23.1 Å². The Balaban J connectivity index is 1.71. The molecule has 1 amide bonds. The molecule has 2 atom stereocenters. The fraction of sp³-hybridized carbons (Fsp3) is 0.440. The molecule has 0 spiro atoms. The van der Waals surface area contributed by atoms with E-state index in [1.807, 2.05) is 13.8 Å². The van der Waals surface area contributed by atoms with E-state index >= 15 is 0 Å². The summed E-state index contributed by atoms with van der Waals surface area (Å²) in [6.45, 7) is 10.6. The monoisotopic (exact) mass is 594 g/mol. The van der Waals surface area contributed by atoms with E-state index in [1.54, 1.807) is 39.8 Å². The Morgan fingerprint density at radius 2 is 1.82 bits per heavy atom. The Labute approximate surface area is 234 Å². The molecule has 0 aromatic heterocycles. The van der Waals surface area contributed by atoms with Gasteiger partial charge in [-0.3, -0.25) is 14.2 Å². The molecule has 0 radical (unpaired) electrons. The van der Waals surface area contributed by atoms with Gasteiger partial charge in [0.25, 0.3) is 10.0 Å². The Bertz CT molecular complexity index is 1560. The van der Waals surface area contributed by atoms with Crippen LogP contribution in [-0.4, -0.2) is 63.5 Å². The number of anilines is 1. The second-order valence-corrected chi connectivity index (χ2v) is 14.8. The number of benzene rings is 1. The number of hydrogen-bond acceptors (Lipinski definition) is 9. The normalized spacial score (nSPS) is 17.9. The van der Waals surface area contributed by atoms with Gasteiger partial charge in [-0.15, -0.1) is 23.1 Å². The lowest BCUT2D eigenvalue weighted by molar-refractivity contribution is -0.142. The second-order valence-electron chi connectivity index (χ2n) is 10.3. The number of rotatable bonds is 6. The average Bonchev–Trinajstić information content (AvgIpc) is 3.37. The molecule has 11 nitrogen and oxygen atoms in total. The van der Waals surface area contributed by atoms with Crippen LogP contribution in [0.2, 0.25) is 0 Å². The number of amides is 1. The molecular formula is C25H30N4O7S3. The maximum atomic E-state index is 13.1. The van der Waals surface area contributed by atoms with Gasteiger partial charge in [0.05, 0.1) is 9.10 Å². The fourth-order valence-corrected chi connectivity index (χ4v) is 8.07. The molecule has 0 saturated carbocycles. The molecule has 210 valence electrons. The van der Waals surface area contributed by atoms with E-state index in [-0.39, 0.29) is 34.6 Å². The van der Waals surface area contributed by atoms with Crippen LogP contribution in [0.4, 0.5) is 10.6 Å². The molecular weight excluding hydrogens is 564 g/mol. The van der Waals surface area contributed by atoms with Crippen molar-refractivity contribution in [3.05, 3.63) is 50.9 Å². The first-order valence-electron chi connectivity index (χ1n) is 12.1. The standard InChI is InChI=1S/C25H30N4O7S3/c1-13-7-9-17(10-8-13)39(34,35)27-20-19-22(37-15(3)14(2)29(19)23(32)26-20)38-16-11-18(21(30)31)28(12-16)24(33)36-25(4,5)6/h7-10,16,18H,11-12H2,1-6H3,(H,30,31)(H,26,27,32)/t16-,18+/m1/s1. The van der Waals surface area contributed by atoms with Crippen molar-refractivity contribution < 1.29 is 27.9 Å². The minimum absolute atomic E-state index is 0.0245. The van der Waals surface area contributed by atoms with Crippen molar-refractivity contribution in [2.45, 2.75) is 74.0 Å². The predicted molar refractivity (Wildman–Crippen MR) is 149 cm³/mol. The summed E-state index contributed by atoms with van der Waals surface area (Å²) < 4.78 is 36.1. The van der Waals surface area contributed by atoms with Crippen molar-refractivity contribution in [3.63, 3.8) is 0 Å². The summed E-state index contributed by atoms with van der Waals surface area (Å²) in [7, 11) is -4.05. The molecule has 4 rings (SSSR count). The number of carboxylic acids is 1. The lowest BCUT2D eigenvalue weighted by Gasteiger charge is -2.26. The minimum Gasteiger partial charge on any atom is -0.480 e. The maximum absolute atomic E-state index is 13.1. The first-order chi connectivity index (χ1) is 18.1. The van der Waals surface area contributed by atoms with E-state index in [4.69, 9.17) is 4.74 Å². The Hall–Kier alpha value is -3.10. The van der Waals surface area contributed by atoms with Gasteiger partial charge in [-0.25, -0.2) is 22.8 Å². The summed E-state index contributed by atoms with van der Waals surface area (Å²) in [6.07, 6.45) is -0.571. The van der Waals surface area contributed by atoms with Gasteiger partial charge in [-0.2, -0.15) is 4.98 Å². The third-order valence-corrected chi connectivity index (χ3v) is 10.1. The highest BCUT2D eigenvalue weighted by Gasteiger charge is 2.42. The lowest BCUT2D eigenvalue weighted by Crippen LogP contribution is -2.43. The molecule has 0 aliphatic carbocycles. The number of aromatic nitrogens is 2. The number of nitrogens with one attached hydrogen (secondary N) is 1. The molecule has 39 heavy (non-hydrogen) atoms. The first-order valence-corrected chi connectivity index (χ1v) is 15.3. The molecule has 1 fully saturated rings. The number of aryl methyl sites for hydroxylation is 2. The SMILES string of the molecule is Cc1ccc(S(=O)(=O)Nc2nc(=O)n3c(C)c(C)sc(S[C@@H]4C[C@@H](C(=O)O)N(C(=O)OC(C)(C)C)C4)c2-3)cc1. The molecule has 14 heteroatoms. The van der Waals surface area contributed by atoms with E-state index in [0.717, 1.165) is 10.4 Å². The van der Waals surface area contributed by atoms with Gasteiger partial charge in [-0.05, 0) is 60.1 Å². The molecule has 3 aliphatic heterocycles. The van der Waals surface area contributed by atoms with Crippen molar-refractivity contribution in [1.82, 2.24) is 14.5 Å². The zero-order chi connectivity index (χ0) is 28.9. The second kappa shape index (κ2) is 10.5. The molecule has 1 aromatic carbocycles. The number of sulfonamides is 1. The molecule has 1 aromatic rings. The largest absolute Gasteiger partial charge is 0.480 e. The van der Waals surface area contributed by atoms with E-state index < -0.39 is 39.4 Å². The van der Waals surface area contributed by atoms with Crippen molar-refractivity contribution in [2.75, 3.05) is 11.3 Å². The van der Waals surface area contributed by atoms with Gasteiger partial charge in [0, 0.05) is 22.4 Å². The summed E-state index contributed by atoms with van der Waals surface area (Å²) in [5.41, 5.74) is 0.372. The van der Waals surface area contributed by atoms with Gasteiger partial charge in [0.2, 0.25) is 0 Å². The number of nitrogens with zero attached hydrogens (tertiary/aromatic N) is 3. The summed E-state index contributed by atoms with van der Waals surface area (Å²) in [6, 6.07) is 5.20. The maximum Gasteiger partial charge on any atom is 0.411 e. The highest BCUT2D eigenvalue weighted by Crippen LogP contribution is 2.43. The van der Waals surface area contributed by atoms with Crippen LogP contribution in [-0.2, 0) is 19.6 Å². The molecule has 3 heterocycles. The number of ether oxygens (including phenoxy) is 1. The number of thioether (sulfide) groups is 1. The quantitative estimate of drug-likeness (QED) is 0.432. The van der Waals surface area contributed by atoms with Crippen LogP contribution in [0.25, 0.3) is 5.69 Å². The third kappa shape index (κ3) is 6.07. The van der Waals surface area contributed by atoms with Gasteiger partial charge in [0.1, 0.15) is 17.3 Å². The Morgan fingerprint density at radius 3 is 2.41 bits per heavy atom. The van der Waals surface area contributed by atoms with Gasteiger partial charge in [-0.1, -0.05) is 17.7 Å². The topological polar surface area (TPSA) is 148 Å². The summed E-state index contributed by atoms with van der Waals surface area (Å²) >= 11 is 2.63. The van der Waals surface area contributed by atoms with E-state index in [0.29, 0.717) is 9.90 Å². The fourth-order valence-electron chi connectivity index (χ4n) is 4.16. The van der Waals surface area contributed by atoms with E-state index in [2.05, 4.69) is 9.71 Å². The molecule has 3 aliphatic rings. The lowest BCUT2D eigenvalue weighted by atomic mass is 10.2. The molecule has 2 N–H and O–H groups in total. The summed E-state index contributed by atoms with van der Waals surface area (Å²) in [5, 5.41) is 9.42. The minimum atomic E-state index is -4.05.